The van der Waals surface area contributed by atoms with E-state index in [0.29, 0.717) is 17.8 Å². The van der Waals surface area contributed by atoms with Crippen molar-refractivity contribution >= 4 is 5.91 Å². The van der Waals surface area contributed by atoms with Crippen LogP contribution < -0.4 is 5.32 Å². The second kappa shape index (κ2) is 6.22. The summed E-state index contributed by atoms with van der Waals surface area (Å²) in [5, 5.41) is 9.78. The second-order valence-electron chi connectivity index (χ2n) is 6.33. The van der Waals surface area contributed by atoms with Gasteiger partial charge in [0.1, 0.15) is 0 Å². The molecule has 0 aliphatic heterocycles. The first kappa shape index (κ1) is 14.1. The van der Waals surface area contributed by atoms with Crippen LogP contribution in [-0.2, 0) is 11.2 Å². The summed E-state index contributed by atoms with van der Waals surface area (Å²) in [6.45, 7) is 5.39. The zero-order chi connectivity index (χ0) is 13.7. The predicted molar refractivity (Wildman–Crippen MR) is 75.7 cm³/mol. The molecule has 0 unspecified atom stereocenters. The molecule has 1 heterocycles. The van der Waals surface area contributed by atoms with Crippen LogP contribution in [0.5, 0.6) is 0 Å². The maximum atomic E-state index is 11.9. The average Bonchev–Trinajstić information content (AvgIpc) is 2.82. The highest BCUT2D eigenvalue weighted by Gasteiger charge is 2.37. The van der Waals surface area contributed by atoms with Gasteiger partial charge in [0, 0.05) is 19.2 Å². The fourth-order valence-corrected chi connectivity index (χ4v) is 3.04. The number of aromatic nitrogens is 2. The highest BCUT2D eigenvalue weighted by Crippen LogP contribution is 2.45. The molecule has 1 fully saturated rings. The summed E-state index contributed by atoms with van der Waals surface area (Å²) < 4.78 is 0. The Bertz CT molecular complexity index is 394. The van der Waals surface area contributed by atoms with Gasteiger partial charge in [0.25, 0.3) is 0 Å². The number of H-pyrrole nitrogens is 1. The van der Waals surface area contributed by atoms with Crippen LogP contribution in [0.3, 0.4) is 0 Å². The molecule has 2 N–H and O–H groups in total. The van der Waals surface area contributed by atoms with Gasteiger partial charge >= 0.3 is 0 Å². The summed E-state index contributed by atoms with van der Waals surface area (Å²) in [5.41, 5.74) is 1.48. The summed E-state index contributed by atoms with van der Waals surface area (Å²) in [4.78, 5) is 11.9. The molecule has 0 radical (unpaired) electrons. The molecule has 1 amide bonds. The number of aromatic amines is 1. The van der Waals surface area contributed by atoms with Gasteiger partial charge in [-0.25, -0.2) is 0 Å². The highest BCUT2D eigenvalue weighted by molar-refractivity contribution is 5.76. The maximum Gasteiger partial charge on any atom is 0.220 e. The van der Waals surface area contributed by atoms with Gasteiger partial charge in [0.15, 0.2) is 0 Å². The van der Waals surface area contributed by atoms with Crippen molar-refractivity contribution in [2.24, 2.45) is 11.3 Å². The Morgan fingerprint density at radius 3 is 2.84 bits per heavy atom. The van der Waals surface area contributed by atoms with Crippen molar-refractivity contribution in [2.45, 2.75) is 52.4 Å². The molecule has 19 heavy (non-hydrogen) atoms. The molecule has 0 aromatic carbocycles. The van der Waals surface area contributed by atoms with E-state index in [1.54, 1.807) is 6.20 Å². The number of rotatable bonds is 7. The van der Waals surface area contributed by atoms with E-state index in [1.807, 2.05) is 6.20 Å². The molecule has 2 rings (SSSR count). The van der Waals surface area contributed by atoms with Crippen LogP contribution in [0.1, 0.15) is 51.5 Å². The molecule has 0 spiro atoms. The maximum absolute atomic E-state index is 11.9. The molecule has 1 aromatic rings. The fraction of sp³-hybridized carbons (Fsp3) is 0.733. The van der Waals surface area contributed by atoms with E-state index >= 15 is 0 Å². The minimum atomic E-state index is 0.163. The molecule has 1 aliphatic rings. The van der Waals surface area contributed by atoms with Crippen LogP contribution in [0.15, 0.2) is 12.4 Å². The number of carbonyl (C=O) groups is 1. The Balaban J connectivity index is 1.70. The van der Waals surface area contributed by atoms with Gasteiger partial charge in [0.05, 0.1) is 6.20 Å². The average molecular weight is 263 g/mol. The number of carbonyl (C=O) groups excluding carboxylic acids is 1. The molecular weight excluding hydrogens is 238 g/mol. The van der Waals surface area contributed by atoms with E-state index in [4.69, 9.17) is 0 Å². The van der Waals surface area contributed by atoms with Crippen molar-refractivity contribution in [3.63, 3.8) is 0 Å². The van der Waals surface area contributed by atoms with E-state index < -0.39 is 0 Å². The van der Waals surface area contributed by atoms with Crippen molar-refractivity contribution in [3.8, 4) is 0 Å². The van der Waals surface area contributed by atoms with Gasteiger partial charge < -0.3 is 5.32 Å². The van der Waals surface area contributed by atoms with Gasteiger partial charge in [-0.1, -0.05) is 20.3 Å². The number of aryl methyl sites for hydroxylation is 1. The van der Waals surface area contributed by atoms with Gasteiger partial charge in [-0.2, -0.15) is 5.10 Å². The van der Waals surface area contributed by atoms with Crippen LogP contribution in [0.4, 0.5) is 0 Å². The lowest BCUT2D eigenvalue weighted by molar-refractivity contribution is -0.122. The van der Waals surface area contributed by atoms with E-state index in [1.165, 1.54) is 25.7 Å². The van der Waals surface area contributed by atoms with E-state index in [0.717, 1.165) is 18.5 Å². The third-order valence-corrected chi connectivity index (χ3v) is 4.11. The molecule has 1 aliphatic carbocycles. The van der Waals surface area contributed by atoms with Crippen LogP contribution >= 0.6 is 0 Å². The largest absolute Gasteiger partial charge is 0.356 e. The van der Waals surface area contributed by atoms with Crippen molar-refractivity contribution < 1.29 is 4.79 Å². The molecule has 0 bridgehead atoms. The fourth-order valence-electron chi connectivity index (χ4n) is 3.04. The Hall–Kier alpha value is -1.32. The second-order valence-corrected chi connectivity index (χ2v) is 6.33. The Labute approximate surface area is 115 Å². The van der Waals surface area contributed by atoms with Crippen molar-refractivity contribution in [2.75, 3.05) is 6.54 Å². The zero-order valence-corrected chi connectivity index (χ0v) is 12.0. The summed E-state index contributed by atoms with van der Waals surface area (Å²) in [6, 6.07) is 0. The predicted octanol–water partition coefficient (Wildman–Crippen LogP) is 2.67. The number of nitrogens with one attached hydrogen (secondary N) is 2. The molecule has 4 nitrogen and oxygen atoms in total. The Morgan fingerprint density at radius 1 is 1.53 bits per heavy atom. The number of nitrogens with zero attached hydrogens (tertiary/aromatic N) is 1. The summed E-state index contributed by atoms with van der Waals surface area (Å²) in [6.07, 6.45) is 10.0. The zero-order valence-electron chi connectivity index (χ0n) is 12.0. The van der Waals surface area contributed by atoms with Crippen LogP contribution in [0.2, 0.25) is 0 Å². The first-order chi connectivity index (χ1) is 9.10. The van der Waals surface area contributed by atoms with E-state index in [-0.39, 0.29) is 5.91 Å². The van der Waals surface area contributed by atoms with E-state index in [9.17, 15) is 4.79 Å². The standard InChI is InChI=1S/C15H25N3O/c1-12(2)8-15(6-3-7-15)11-16-14(19)5-4-13-9-17-18-10-13/h9-10,12H,3-8,11H2,1-2H3,(H,16,19)(H,17,18). The first-order valence-corrected chi connectivity index (χ1v) is 7.34. The van der Waals surface area contributed by atoms with Crippen molar-refractivity contribution in [1.29, 1.82) is 0 Å². The third-order valence-electron chi connectivity index (χ3n) is 4.11. The summed E-state index contributed by atoms with van der Waals surface area (Å²) in [5.74, 6) is 0.874. The molecule has 0 saturated heterocycles. The van der Waals surface area contributed by atoms with E-state index in [2.05, 4.69) is 29.4 Å². The minimum Gasteiger partial charge on any atom is -0.356 e. The quantitative estimate of drug-likeness (QED) is 0.794. The molecule has 106 valence electrons. The SMILES string of the molecule is CC(C)CC1(CNC(=O)CCc2cn[nH]c2)CCC1. The lowest BCUT2D eigenvalue weighted by atomic mass is 9.64. The Kier molecular flexibility index (Phi) is 4.61. The van der Waals surface area contributed by atoms with Gasteiger partial charge in [-0.15, -0.1) is 0 Å². The monoisotopic (exact) mass is 263 g/mol. The van der Waals surface area contributed by atoms with Crippen LogP contribution in [0.25, 0.3) is 0 Å². The van der Waals surface area contributed by atoms with Gasteiger partial charge in [0.2, 0.25) is 5.91 Å². The highest BCUT2D eigenvalue weighted by atomic mass is 16.1. The minimum absolute atomic E-state index is 0.163. The normalized spacial score (nSPS) is 17.2. The molecular formula is C15H25N3O. The van der Waals surface area contributed by atoms with Crippen molar-refractivity contribution in [1.82, 2.24) is 15.5 Å². The lowest BCUT2D eigenvalue weighted by Crippen LogP contribution is -2.43. The smallest absolute Gasteiger partial charge is 0.220 e. The number of hydrogen-bond acceptors (Lipinski definition) is 2. The molecule has 1 aromatic heterocycles. The number of hydrogen-bond donors (Lipinski definition) is 2. The number of amides is 1. The summed E-state index contributed by atoms with van der Waals surface area (Å²) in [7, 11) is 0. The van der Waals surface area contributed by atoms with Crippen LogP contribution in [0, 0.1) is 11.3 Å². The Morgan fingerprint density at radius 2 is 2.32 bits per heavy atom. The third kappa shape index (κ3) is 4.08. The lowest BCUT2D eigenvalue weighted by Gasteiger charge is -2.43. The van der Waals surface area contributed by atoms with Crippen LogP contribution in [-0.4, -0.2) is 22.6 Å². The summed E-state index contributed by atoms with van der Waals surface area (Å²) >= 11 is 0. The van der Waals surface area contributed by atoms with Crippen molar-refractivity contribution in [3.05, 3.63) is 18.0 Å². The van der Waals surface area contributed by atoms with Gasteiger partial charge in [-0.3, -0.25) is 9.89 Å². The van der Waals surface area contributed by atoms with Gasteiger partial charge in [-0.05, 0) is 42.6 Å². The molecule has 0 atom stereocenters. The first-order valence-electron chi connectivity index (χ1n) is 7.34. The topological polar surface area (TPSA) is 57.8 Å². The molecule has 4 heteroatoms. The molecule has 1 saturated carbocycles.